The fourth-order valence-corrected chi connectivity index (χ4v) is 3.25. The van der Waals surface area contributed by atoms with Gasteiger partial charge in [-0.2, -0.15) is 0 Å². The highest BCUT2D eigenvalue weighted by molar-refractivity contribution is 9.10. The largest absolute Gasteiger partial charge is 0.507 e. The minimum atomic E-state index is -1.57. The van der Waals surface area contributed by atoms with Crippen LogP contribution in [0.3, 0.4) is 0 Å². The molecule has 2 unspecified atom stereocenters. The van der Waals surface area contributed by atoms with Crippen LogP contribution < -0.4 is 4.74 Å². The molecule has 4 atom stereocenters. The molecule has 7 nitrogen and oxygen atoms in total. The fraction of sp³-hybridized carbons (Fsp3) is 0.400. The summed E-state index contributed by atoms with van der Waals surface area (Å²) in [6.45, 7) is 3.39. The summed E-state index contributed by atoms with van der Waals surface area (Å²) in [4.78, 5) is 24.7. The van der Waals surface area contributed by atoms with Crippen LogP contribution in [0.25, 0.3) is 6.08 Å². The molecule has 0 saturated carbocycles. The second kappa shape index (κ2) is 9.36. The van der Waals surface area contributed by atoms with E-state index in [9.17, 15) is 24.9 Å². The first-order chi connectivity index (χ1) is 13.2. The number of hydrogen-bond donors (Lipinski definition) is 3. The van der Waals surface area contributed by atoms with Crippen molar-refractivity contribution in [1.82, 2.24) is 0 Å². The molecular formula is C20H23BrO7. The summed E-state index contributed by atoms with van der Waals surface area (Å²) in [5.74, 6) is -1.73. The Balaban J connectivity index is 2.58. The van der Waals surface area contributed by atoms with Crippen molar-refractivity contribution >= 4 is 33.8 Å². The summed E-state index contributed by atoms with van der Waals surface area (Å²) < 4.78 is 11.1. The maximum absolute atomic E-state index is 12.7. The van der Waals surface area contributed by atoms with Crippen molar-refractivity contribution in [3.63, 3.8) is 0 Å². The number of ether oxygens (including phenoxy) is 2. The number of benzene rings is 1. The first-order valence-corrected chi connectivity index (χ1v) is 9.51. The molecule has 0 aliphatic carbocycles. The van der Waals surface area contributed by atoms with Crippen molar-refractivity contribution < 1.29 is 34.4 Å². The number of phenols is 1. The van der Waals surface area contributed by atoms with E-state index in [2.05, 4.69) is 15.9 Å². The molecule has 2 rings (SSSR count). The first kappa shape index (κ1) is 22.1. The van der Waals surface area contributed by atoms with Crippen LogP contribution >= 0.6 is 15.9 Å². The van der Waals surface area contributed by atoms with E-state index >= 15 is 0 Å². The number of phenolic OH excluding ortho intramolecular Hbond substituents is 1. The number of rotatable bonds is 1. The molecule has 1 aliphatic heterocycles. The minimum Gasteiger partial charge on any atom is -0.507 e. The monoisotopic (exact) mass is 454 g/mol. The molecule has 1 aromatic rings. The topological polar surface area (TPSA) is 113 Å². The van der Waals surface area contributed by atoms with Gasteiger partial charge in [0.05, 0.1) is 17.7 Å². The lowest BCUT2D eigenvalue weighted by molar-refractivity contribution is -0.127. The number of hydrogen-bond acceptors (Lipinski definition) is 7. The number of carbonyl (C=O) groups is 2. The molecule has 0 aromatic heterocycles. The Hall–Kier alpha value is -2.16. The molecule has 3 N–H and O–H groups in total. The number of aliphatic hydroxyl groups is 2. The van der Waals surface area contributed by atoms with Crippen LogP contribution in [-0.4, -0.2) is 52.5 Å². The van der Waals surface area contributed by atoms with Crippen LogP contribution in [0.5, 0.6) is 11.5 Å². The van der Waals surface area contributed by atoms with E-state index in [0.29, 0.717) is 15.8 Å². The van der Waals surface area contributed by atoms with Gasteiger partial charge in [0, 0.05) is 17.5 Å². The molecule has 28 heavy (non-hydrogen) atoms. The SMILES string of the molecule is COc1cc(O)c2c(c1Br)/C=C/C[C@H](O)C(O)C(=O)/C=C\C(C)[C@H](C)OC2=O. The Morgan fingerprint density at radius 1 is 1.21 bits per heavy atom. The summed E-state index contributed by atoms with van der Waals surface area (Å²) in [7, 11) is 1.42. The number of methoxy groups -OCH3 is 1. The van der Waals surface area contributed by atoms with Crippen molar-refractivity contribution in [3.8, 4) is 11.5 Å². The quantitative estimate of drug-likeness (QED) is 0.558. The number of halogens is 1. The number of ketones is 1. The van der Waals surface area contributed by atoms with Gasteiger partial charge in [0.15, 0.2) is 5.78 Å². The zero-order chi connectivity index (χ0) is 21.0. The Morgan fingerprint density at radius 2 is 1.89 bits per heavy atom. The van der Waals surface area contributed by atoms with Crippen molar-refractivity contribution in [3.05, 3.63) is 39.9 Å². The summed E-state index contributed by atoms with van der Waals surface area (Å²) in [5.41, 5.74) is 0.234. The Kier molecular flexibility index (Phi) is 7.40. The lowest BCUT2D eigenvalue weighted by Crippen LogP contribution is -2.32. The predicted molar refractivity (Wildman–Crippen MR) is 106 cm³/mol. The predicted octanol–water partition coefficient (Wildman–Crippen LogP) is 2.61. The van der Waals surface area contributed by atoms with Crippen LogP contribution in [0.1, 0.15) is 36.2 Å². The van der Waals surface area contributed by atoms with Gasteiger partial charge in [-0.15, -0.1) is 0 Å². The smallest absolute Gasteiger partial charge is 0.342 e. The highest BCUT2D eigenvalue weighted by Gasteiger charge is 2.26. The summed E-state index contributed by atoms with van der Waals surface area (Å²) in [6.07, 6.45) is 2.09. The first-order valence-electron chi connectivity index (χ1n) is 8.72. The van der Waals surface area contributed by atoms with E-state index in [-0.39, 0.29) is 23.7 Å². The van der Waals surface area contributed by atoms with E-state index in [1.165, 1.54) is 37.5 Å². The number of carbonyl (C=O) groups excluding carboxylic acids is 2. The molecule has 0 amide bonds. The van der Waals surface area contributed by atoms with Gasteiger partial charge in [0.25, 0.3) is 0 Å². The van der Waals surface area contributed by atoms with Crippen LogP contribution in [0, 0.1) is 5.92 Å². The van der Waals surface area contributed by atoms with E-state index in [1.807, 2.05) is 0 Å². The van der Waals surface area contributed by atoms with Gasteiger partial charge in [-0.3, -0.25) is 4.79 Å². The van der Waals surface area contributed by atoms with E-state index in [1.54, 1.807) is 13.8 Å². The average Bonchev–Trinajstić information content (AvgIpc) is 2.66. The van der Waals surface area contributed by atoms with E-state index in [0.717, 1.165) is 0 Å². The van der Waals surface area contributed by atoms with Gasteiger partial charge in [0.2, 0.25) is 0 Å². The highest BCUT2D eigenvalue weighted by atomic mass is 79.9. The lowest BCUT2D eigenvalue weighted by atomic mass is 9.99. The average molecular weight is 455 g/mol. The molecular weight excluding hydrogens is 432 g/mol. The third kappa shape index (κ3) is 4.81. The number of aliphatic hydroxyl groups excluding tert-OH is 2. The van der Waals surface area contributed by atoms with Gasteiger partial charge < -0.3 is 24.8 Å². The number of fused-ring (bicyclic) bond motifs is 1. The molecule has 1 aliphatic rings. The van der Waals surface area contributed by atoms with Crippen molar-refractivity contribution in [1.29, 1.82) is 0 Å². The second-order valence-corrected chi connectivity index (χ2v) is 7.37. The molecule has 0 saturated heterocycles. The van der Waals surface area contributed by atoms with Crippen LogP contribution in [0.2, 0.25) is 0 Å². The third-order valence-corrected chi connectivity index (χ3v) is 5.40. The second-order valence-electron chi connectivity index (χ2n) is 6.58. The third-order valence-electron chi connectivity index (χ3n) is 4.59. The Labute approximate surface area is 171 Å². The fourth-order valence-electron chi connectivity index (χ4n) is 2.64. The zero-order valence-electron chi connectivity index (χ0n) is 15.8. The van der Waals surface area contributed by atoms with E-state index < -0.39 is 30.1 Å². The lowest BCUT2D eigenvalue weighted by Gasteiger charge is -2.20. The summed E-state index contributed by atoms with van der Waals surface area (Å²) in [5, 5.41) is 30.4. The van der Waals surface area contributed by atoms with Crippen LogP contribution in [0.15, 0.2) is 28.8 Å². The Morgan fingerprint density at radius 3 is 2.54 bits per heavy atom. The van der Waals surface area contributed by atoms with Crippen molar-refractivity contribution in [2.45, 2.75) is 38.6 Å². The van der Waals surface area contributed by atoms with Gasteiger partial charge in [-0.25, -0.2) is 4.79 Å². The molecule has 1 heterocycles. The van der Waals surface area contributed by atoms with Gasteiger partial charge in [0.1, 0.15) is 29.3 Å². The minimum absolute atomic E-state index is 0.0500. The molecule has 0 fully saturated rings. The van der Waals surface area contributed by atoms with Crippen molar-refractivity contribution in [2.75, 3.05) is 7.11 Å². The number of aromatic hydroxyl groups is 1. The molecule has 0 radical (unpaired) electrons. The zero-order valence-corrected chi connectivity index (χ0v) is 17.3. The summed E-state index contributed by atoms with van der Waals surface area (Å²) in [6, 6.07) is 1.30. The van der Waals surface area contributed by atoms with Gasteiger partial charge in [-0.05, 0) is 35.4 Å². The maximum atomic E-state index is 12.7. The molecule has 0 spiro atoms. The molecule has 8 heteroatoms. The van der Waals surface area contributed by atoms with Gasteiger partial charge >= 0.3 is 5.97 Å². The van der Waals surface area contributed by atoms with Gasteiger partial charge in [-0.1, -0.05) is 25.2 Å². The molecule has 0 bridgehead atoms. The van der Waals surface area contributed by atoms with Crippen LogP contribution in [-0.2, 0) is 9.53 Å². The Bertz CT molecular complexity index is 815. The van der Waals surface area contributed by atoms with E-state index in [4.69, 9.17) is 9.47 Å². The highest BCUT2D eigenvalue weighted by Crippen LogP contribution is 2.38. The summed E-state index contributed by atoms with van der Waals surface area (Å²) >= 11 is 3.35. The molecule has 1 aromatic carbocycles. The standard InChI is InChI=1S/C20H23BrO7/c1-10-7-8-14(23)19(25)13(22)6-4-5-12-17(20(26)28-11(10)2)15(24)9-16(27-3)18(12)21/h4-5,7-11,13,19,22,24-25H,6H2,1-3H3/b5-4+,8-7-/t10?,11-,13-,19?/m0/s1. The molecule has 152 valence electrons. The maximum Gasteiger partial charge on any atom is 0.342 e. The van der Waals surface area contributed by atoms with Crippen LogP contribution in [0.4, 0.5) is 0 Å². The number of cyclic esters (lactones) is 1. The van der Waals surface area contributed by atoms with Crippen molar-refractivity contribution in [2.24, 2.45) is 5.92 Å². The number of esters is 1. The normalized spacial score (nSPS) is 28.6.